The molecule has 0 spiro atoms. The van der Waals surface area contributed by atoms with E-state index < -0.39 is 5.60 Å². The minimum atomic E-state index is -0.587. The second-order valence-corrected chi connectivity index (χ2v) is 5.60. The summed E-state index contributed by atoms with van der Waals surface area (Å²) in [6.45, 7) is 7.81. The van der Waals surface area contributed by atoms with Gasteiger partial charge in [-0.1, -0.05) is 0 Å². The number of rotatable bonds is 2. The molecule has 94 valence electrons. The smallest absolute Gasteiger partial charge is 0.0636 e. The van der Waals surface area contributed by atoms with E-state index in [2.05, 4.69) is 16.0 Å². The molecule has 17 heavy (non-hydrogen) atoms. The maximum atomic E-state index is 10.1. The van der Waals surface area contributed by atoms with Gasteiger partial charge in [0.15, 0.2) is 0 Å². The topological polar surface area (TPSA) is 36.4 Å². The van der Waals surface area contributed by atoms with E-state index in [0.717, 1.165) is 31.6 Å². The quantitative estimate of drug-likeness (QED) is 0.853. The predicted molar refractivity (Wildman–Crippen MR) is 70.2 cm³/mol. The van der Waals surface area contributed by atoms with E-state index in [1.165, 1.54) is 5.69 Å². The fourth-order valence-corrected chi connectivity index (χ4v) is 2.44. The second-order valence-electron chi connectivity index (χ2n) is 5.60. The molecule has 1 aliphatic heterocycles. The van der Waals surface area contributed by atoms with E-state index in [9.17, 15) is 5.11 Å². The van der Waals surface area contributed by atoms with Crippen molar-refractivity contribution in [1.29, 1.82) is 0 Å². The van der Waals surface area contributed by atoms with Crippen LogP contribution in [0.15, 0.2) is 18.3 Å². The lowest BCUT2D eigenvalue weighted by molar-refractivity contribution is 0.0110. The molecule has 0 saturated carbocycles. The van der Waals surface area contributed by atoms with Gasteiger partial charge in [-0.3, -0.25) is 4.98 Å². The third-order valence-electron chi connectivity index (χ3n) is 3.68. The lowest BCUT2D eigenvalue weighted by Gasteiger charge is -2.39. The maximum Gasteiger partial charge on any atom is 0.0636 e. The van der Waals surface area contributed by atoms with Crippen LogP contribution in [0, 0.1) is 12.8 Å². The minimum absolute atomic E-state index is 0.345. The van der Waals surface area contributed by atoms with Gasteiger partial charge in [-0.05, 0) is 45.7 Å². The molecule has 0 aliphatic carbocycles. The summed E-state index contributed by atoms with van der Waals surface area (Å²) in [5.41, 5.74) is 1.63. The van der Waals surface area contributed by atoms with Gasteiger partial charge in [-0.15, -0.1) is 0 Å². The van der Waals surface area contributed by atoms with Crippen molar-refractivity contribution in [3.05, 3.63) is 24.0 Å². The maximum absolute atomic E-state index is 10.1. The van der Waals surface area contributed by atoms with Crippen LogP contribution in [-0.4, -0.2) is 28.8 Å². The van der Waals surface area contributed by atoms with Gasteiger partial charge in [0.2, 0.25) is 0 Å². The number of aryl methyl sites for hydroxylation is 1. The average Bonchev–Trinajstić information content (AvgIpc) is 2.29. The van der Waals surface area contributed by atoms with Crippen LogP contribution in [0.1, 0.15) is 32.4 Å². The lowest BCUT2D eigenvalue weighted by Crippen LogP contribution is -2.44. The molecule has 0 aromatic carbocycles. The normalized spacial score (nSPS) is 21.6. The fourth-order valence-electron chi connectivity index (χ4n) is 2.44. The van der Waals surface area contributed by atoms with E-state index in [1.54, 1.807) is 0 Å². The first-order chi connectivity index (χ1) is 7.97. The molecule has 1 aromatic heterocycles. The number of hydrogen-bond acceptors (Lipinski definition) is 3. The highest BCUT2D eigenvalue weighted by atomic mass is 16.3. The molecule has 3 nitrogen and oxygen atoms in total. The van der Waals surface area contributed by atoms with E-state index in [4.69, 9.17) is 0 Å². The third kappa shape index (κ3) is 2.97. The predicted octanol–water partition coefficient (Wildman–Crippen LogP) is 2.38. The van der Waals surface area contributed by atoms with Gasteiger partial charge >= 0.3 is 0 Å². The van der Waals surface area contributed by atoms with Crippen molar-refractivity contribution in [3.8, 4) is 0 Å². The van der Waals surface area contributed by atoms with Crippen LogP contribution in [0.5, 0.6) is 0 Å². The van der Waals surface area contributed by atoms with Crippen LogP contribution in [0.3, 0.4) is 0 Å². The molecule has 0 bridgehead atoms. The Labute approximate surface area is 103 Å². The van der Waals surface area contributed by atoms with Crippen molar-refractivity contribution >= 4 is 5.69 Å². The highest BCUT2D eigenvalue weighted by Gasteiger charge is 2.31. The summed E-state index contributed by atoms with van der Waals surface area (Å²) in [4.78, 5) is 6.67. The van der Waals surface area contributed by atoms with Crippen LogP contribution in [0.4, 0.5) is 5.69 Å². The first-order valence-corrected chi connectivity index (χ1v) is 6.37. The molecule has 1 aromatic rings. The Balaban J connectivity index is 2.09. The Morgan fingerprint density at radius 1 is 1.41 bits per heavy atom. The Morgan fingerprint density at radius 2 is 2.18 bits per heavy atom. The van der Waals surface area contributed by atoms with E-state index in [-0.39, 0.29) is 0 Å². The molecular weight excluding hydrogens is 212 g/mol. The minimum Gasteiger partial charge on any atom is -0.390 e. The molecule has 0 radical (unpaired) electrons. The van der Waals surface area contributed by atoms with E-state index >= 15 is 0 Å². The summed E-state index contributed by atoms with van der Waals surface area (Å²) < 4.78 is 0. The van der Waals surface area contributed by atoms with Crippen molar-refractivity contribution in [3.63, 3.8) is 0 Å². The number of aliphatic hydroxyl groups is 1. The molecule has 0 amide bonds. The SMILES string of the molecule is Cc1ccc(N2CCCC(C(C)(C)O)C2)cn1. The summed E-state index contributed by atoms with van der Waals surface area (Å²) in [6.07, 6.45) is 4.18. The average molecular weight is 234 g/mol. The van der Waals surface area contributed by atoms with Crippen molar-refractivity contribution in [1.82, 2.24) is 4.98 Å². The highest BCUT2D eigenvalue weighted by Crippen LogP contribution is 2.29. The molecule has 1 atom stereocenters. The zero-order valence-electron chi connectivity index (χ0n) is 11.0. The Hall–Kier alpha value is -1.09. The van der Waals surface area contributed by atoms with Gasteiger partial charge in [-0.25, -0.2) is 0 Å². The number of piperidine rings is 1. The number of nitrogens with zero attached hydrogens (tertiary/aromatic N) is 2. The van der Waals surface area contributed by atoms with Gasteiger partial charge in [0.1, 0.15) is 0 Å². The summed E-state index contributed by atoms with van der Waals surface area (Å²) >= 11 is 0. The van der Waals surface area contributed by atoms with Crippen LogP contribution < -0.4 is 4.90 Å². The van der Waals surface area contributed by atoms with Crippen LogP contribution >= 0.6 is 0 Å². The molecule has 1 fully saturated rings. The van der Waals surface area contributed by atoms with Crippen LogP contribution in [0.25, 0.3) is 0 Å². The van der Waals surface area contributed by atoms with Crippen molar-refractivity contribution in [2.24, 2.45) is 5.92 Å². The zero-order valence-corrected chi connectivity index (χ0v) is 11.0. The van der Waals surface area contributed by atoms with Crippen molar-refractivity contribution in [2.45, 2.75) is 39.2 Å². The molecule has 1 saturated heterocycles. The summed E-state index contributed by atoms with van der Waals surface area (Å²) in [6, 6.07) is 4.16. The van der Waals surface area contributed by atoms with Crippen molar-refractivity contribution in [2.75, 3.05) is 18.0 Å². The number of aromatic nitrogens is 1. The Kier molecular flexibility index (Phi) is 3.38. The Morgan fingerprint density at radius 3 is 2.76 bits per heavy atom. The number of hydrogen-bond donors (Lipinski definition) is 1. The highest BCUT2D eigenvalue weighted by molar-refractivity contribution is 5.45. The summed E-state index contributed by atoms with van der Waals surface area (Å²) in [5, 5.41) is 10.1. The number of anilines is 1. The zero-order chi connectivity index (χ0) is 12.5. The molecule has 1 unspecified atom stereocenters. The fraction of sp³-hybridized carbons (Fsp3) is 0.643. The summed E-state index contributed by atoms with van der Waals surface area (Å²) in [5.74, 6) is 0.345. The second kappa shape index (κ2) is 4.65. The first-order valence-electron chi connectivity index (χ1n) is 6.37. The molecule has 1 N–H and O–H groups in total. The molecular formula is C14H22N2O. The number of pyridine rings is 1. The first kappa shape index (κ1) is 12.4. The lowest BCUT2D eigenvalue weighted by atomic mass is 9.84. The molecule has 1 aliphatic rings. The van der Waals surface area contributed by atoms with E-state index in [0.29, 0.717) is 5.92 Å². The molecule has 3 heteroatoms. The van der Waals surface area contributed by atoms with Crippen LogP contribution in [0.2, 0.25) is 0 Å². The largest absolute Gasteiger partial charge is 0.390 e. The third-order valence-corrected chi connectivity index (χ3v) is 3.68. The monoisotopic (exact) mass is 234 g/mol. The van der Waals surface area contributed by atoms with E-state index in [1.807, 2.05) is 33.0 Å². The summed E-state index contributed by atoms with van der Waals surface area (Å²) in [7, 11) is 0. The van der Waals surface area contributed by atoms with Gasteiger partial charge < -0.3 is 10.0 Å². The standard InChI is InChI=1S/C14H22N2O/c1-11-6-7-13(9-15-11)16-8-4-5-12(10-16)14(2,3)17/h6-7,9,12,17H,4-5,8,10H2,1-3H3. The van der Waals surface area contributed by atoms with Crippen molar-refractivity contribution < 1.29 is 5.11 Å². The van der Waals surface area contributed by atoms with Gasteiger partial charge in [0.25, 0.3) is 0 Å². The van der Waals surface area contributed by atoms with Crippen LogP contribution in [-0.2, 0) is 0 Å². The van der Waals surface area contributed by atoms with Gasteiger partial charge in [-0.2, -0.15) is 0 Å². The molecule has 2 rings (SSSR count). The van der Waals surface area contributed by atoms with Gasteiger partial charge in [0.05, 0.1) is 17.5 Å². The Bertz CT molecular complexity index is 367. The molecule has 2 heterocycles. The van der Waals surface area contributed by atoms with Gasteiger partial charge in [0, 0.05) is 24.7 Å².